The van der Waals surface area contributed by atoms with Gasteiger partial charge in [0, 0.05) is 40.9 Å². The molecule has 0 aliphatic heterocycles. The lowest BCUT2D eigenvalue weighted by Crippen LogP contribution is -2.74. The van der Waals surface area contributed by atoms with Crippen LogP contribution < -0.4 is 5.73 Å². The first kappa shape index (κ1) is 33.8. The molecule has 3 aliphatic carbocycles. The van der Waals surface area contributed by atoms with Crippen LogP contribution >= 0.6 is 0 Å². The van der Waals surface area contributed by atoms with Crippen molar-refractivity contribution in [2.75, 3.05) is 55.6 Å². The predicted molar refractivity (Wildman–Crippen MR) is 152 cm³/mol. The number of carbonyl (C=O) groups excluding carboxylic acids is 5. The number of carbonyl (C=O) groups is 5. The van der Waals surface area contributed by atoms with Gasteiger partial charge in [-0.15, -0.1) is 0 Å². The molecule has 14 nitrogen and oxygen atoms in total. The molecular formula is C30H41N3O11. The van der Waals surface area contributed by atoms with Crippen LogP contribution in [0, 0.1) is 23.7 Å². The molecule has 4 rings (SSSR count). The minimum absolute atomic E-state index is 0.0342. The van der Waals surface area contributed by atoms with Crippen molar-refractivity contribution in [3.63, 3.8) is 0 Å². The van der Waals surface area contributed by atoms with Gasteiger partial charge in [0.1, 0.15) is 5.75 Å². The number of benzene rings is 1. The number of methoxy groups -OCH3 is 4. The summed E-state index contributed by atoms with van der Waals surface area (Å²) in [5, 5.41) is 22.6. The lowest BCUT2D eigenvalue weighted by atomic mass is 9.52. The second-order valence-corrected chi connectivity index (χ2v) is 11.9. The average molecular weight is 620 g/mol. The van der Waals surface area contributed by atoms with Crippen LogP contribution in [0.3, 0.4) is 0 Å². The minimum atomic E-state index is -2.77. The number of likely N-dealkylation sites (N-methyl/N-ethyl adjacent to an activating group) is 1. The molecule has 2 fully saturated rings. The number of aliphatic hydroxyl groups is 1. The summed E-state index contributed by atoms with van der Waals surface area (Å²) in [6, 6.07) is 1.88. The van der Waals surface area contributed by atoms with Crippen molar-refractivity contribution < 1.29 is 53.1 Å². The van der Waals surface area contributed by atoms with Crippen LogP contribution in [0.25, 0.3) is 0 Å². The SMILES string of the molecule is COC(CN(Cc1ccc(O)c2c1C[C@@H]1C[C@@H]3[C@@H](N(C)C)C(=O)C(C(N)=O)C(=O)[C@]3(O)C(=O)C1C2=O)CC(OC)OC)OC. The Kier molecular flexibility index (Phi) is 10.0. The molecular weight excluding hydrogens is 578 g/mol. The quantitative estimate of drug-likeness (QED) is 0.189. The van der Waals surface area contributed by atoms with Crippen molar-refractivity contribution in [1.29, 1.82) is 0 Å². The zero-order chi connectivity index (χ0) is 32.7. The zero-order valence-electron chi connectivity index (χ0n) is 25.8. The second-order valence-electron chi connectivity index (χ2n) is 11.9. The number of amides is 1. The molecule has 2 unspecified atom stereocenters. The molecule has 0 heterocycles. The molecule has 0 spiro atoms. The Balaban J connectivity index is 1.77. The first-order valence-electron chi connectivity index (χ1n) is 14.3. The molecule has 0 aromatic heterocycles. The summed E-state index contributed by atoms with van der Waals surface area (Å²) in [6.07, 6.45) is -1.07. The molecule has 1 aromatic rings. The Morgan fingerprint density at radius 3 is 2.07 bits per heavy atom. The van der Waals surface area contributed by atoms with Crippen molar-refractivity contribution in [3.05, 3.63) is 28.8 Å². The van der Waals surface area contributed by atoms with Gasteiger partial charge in [0.25, 0.3) is 0 Å². The van der Waals surface area contributed by atoms with E-state index in [-0.39, 0.29) is 30.7 Å². The molecule has 1 amide bonds. The number of nitrogens with zero attached hydrogens (tertiary/aromatic N) is 2. The van der Waals surface area contributed by atoms with Crippen LogP contribution in [0.4, 0.5) is 0 Å². The van der Waals surface area contributed by atoms with Crippen LogP contribution in [-0.2, 0) is 51.1 Å². The van der Waals surface area contributed by atoms with Crippen molar-refractivity contribution >= 4 is 29.0 Å². The number of fused-ring (bicyclic) bond motifs is 3. The predicted octanol–water partition coefficient (Wildman–Crippen LogP) is -1.09. The van der Waals surface area contributed by atoms with Gasteiger partial charge in [-0.1, -0.05) is 6.07 Å². The van der Waals surface area contributed by atoms with Gasteiger partial charge < -0.3 is 34.9 Å². The molecule has 14 heteroatoms. The average Bonchev–Trinajstić information content (AvgIpc) is 2.97. The number of nitrogens with two attached hydrogens (primary N) is 1. The topological polar surface area (TPSA) is 195 Å². The van der Waals surface area contributed by atoms with Gasteiger partial charge >= 0.3 is 0 Å². The van der Waals surface area contributed by atoms with Crippen molar-refractivity contribution in [3.8, 4) is 5.75 Å². The number of phenols is 1. The van der Waals surface area contributed by atoms with Crippen LogP contribution in [-0.4, -0.2) is 129 Å². The maximum absolute atomic E-state index is 14.0. The van der Waals surface area contributed by atoms with Gasteiger partial charge in [-0.2, -0.15) is 0 Å². The number of Topliss-reactive ketones (excluding diaryl/α,β-unsaturated/α-hetero) is 4. The Bertz CT molecular complexity index is 1310. The molecule has 0 radical (unpaired) electrons. The van der Waals surface area contributed by atoms with Crippen molar-refractivity contribution in [2.45, 2.75) is 43.6 Å². The summed E-state index contributed by atoms with van der Waals surface area (Å²) in [7, 11) is 9.11. The highest BCUT2D eigenvalue weighted by molar-refractivity contribution is 6.32. The molecule has 242 valence electrons. The molecule has 0 bridgehead atoms. The van der Waals surface area contributed by atoms with Crippen molar-refractivity contribution in [2.24, 2.45) is 29.4 Å². The molecule has 4 N–H and O–H groups in total. The van der Waals surface area contributed by atoms with E-state index in [0.29, 0.717) is 24.2 Å². The summed E-state index contributed by atoms with van der Waals surface area (Å²) in [5.41, 5.74) is 3.73. The third-order valence-electron chi connectivity index (χ3n) is 9.30. The maximum atomic E-state index is 14.0. The fourth-order valence-electron chi connectivity index (χ4n) is 7.17. The van der Waals surface area contributed by atoms with E-state index in [1.807, 2.05) is 4.90 Å². The Hall–Kier alpha value is -3.11. The number of primary amides is 1. The van der Waals surface area contributed by atoms with Gasteiger partial charge in [0.05, 0.1) is 30.6 Å². The number of hydrogen-bond donors (Lipinski definition) is 3. The molecule has 1 aromatic carbocycles. The number of ether oxygens (including phenoxy) is 4. The third-order valence-corrected chi connectivity index (χ3v) is 9.30. The third kappa shape index (κ3) is 5.60. The first-order chi connectivity index (χ1) is 20.8. The number of aromatic hydroxyl groups is 1. The lowest BCUT2D eigenvalue weighted by Gasteiger charge is -2.52. The highest BCUT2D eigenvalue weighted by Gasteiger charge is 2.69. The van der Waals surface area contributed by atoms with E-state index in [4.69, 9.17) is 24.7 Å². The smallest absolute Gasteiger partial charge is 0.235 e. The highest BCUT2D eigenvalue weighted by Crippen LogP contribution is 2.51. The summed E-state index contributed by atoms with van der Waals surface area (Å²) in [4.78, 5) is 70.3. The number of hydrogen-bond acceptors (Lipinski definition) is 13. The minimum Gasteiger partial charge on any atom is -0.507 e. The first-order valence-corrected chi connectivity index (χ1v) is 14.3. The van der Waals surface area contributed by atoms with E-state index in [9.17, 15) is 34.2 Å². The largest absolute Gasteiger partial charge is 0.507 e. The Labute approximate surface area is 255 Å². The Morgan fingerprint density at radius 1 is 1.00 bits per heavy atom. The zero-order valence-corrected chi connectivity index (χ0v) is 25.8. The van der Waals surface area contributed by atoms with Crippen LogP contribution in [0.5, 0.6) is 5.75 Å². The Morgan fingerprint density at radius 2 is 1.57 bits per heavy atom. The normalized spacial score (nSPS) is 28.6. The van der Waals surface area contributed by atoms with Gasteiger partial charge in [-0.3, -0.25) is 33.8 Å². The van der Waals surface area contributed by atoms with Gasteiger partial charge in [-0.25, -0.2) is 0 Å². The molecule has 3 aliphatic rings. The molecule has 44 heavy (non-hydrogen) atoms. The lowest BCUT2D eigenvalue weighted by molar-refractivity contribution is -0.181. The van der Waals surface area contributed by atoms with E-state index < -0.39 is 76.9 Å². The number of rotatable bonds is 12. The van der Waals surface area contributed by atoms with Gasteiger partial charge in [0.2, 0.25) is 5.91 Å². The summed E-state index contributed by atoms with van der Waals surface area (Å²) < 4.78 is 21.6. The molecule has 6 atom stereocenters. The number of phenolic OH excluding ortho intramolecular Hbond substituents is 1. The summed E-state index contributed by atoms with van der Waals surface area (Å²) in [6.45, 7) is 0.864. The summed E-state index contributed by atoms with van der Waals surface area (Å²) >= 11 is 0. The van der Waals surface area contributed by atoms with Crippen molar-refractivity contribution in [1.82, 2.24) is 9.80 Å². The van der Waals surface area contributed by atoms with Crippen LogP contribution in [0.2, 0.25) is 0 Å². The van der Waals surface area contributed by atoms with E-state index in [0.717, 1.165) is 0 Å². The molecule has 0 saturated heterocycles. The summed E-state index contributed by atoms with van der Waals surface area (Å²) in [5.74, 6) is -10.9. The standard InChI is InChI=1S/C30H41N3O11/c1-32(2)24-17-10-15-9-16-14(11-33(12-19(41-3)42-4)13-20(43-5)44-6)7-8-18(34)22(16)25(35)21(15)27(37)30(17,40)28(38)23(26(24)36)29(31)39/h7-8,15,17,19-21,23-24,34,40H,9-13H2,1-6H3,(H2,31,39)/t15-,17-,21?,23?,24-,30-/m1/s1. The second kappa shape index (κ2) is 13.1. The van der Waals surface area contributed by atoms with E-state index in [2.05, 4.69) is 0 Å². The molecule has 2 saturated carbocycles. The van der Waals surface area contributed by atoms with Crippen LogP contribution in [0.15, 0.2) is 12.1 Å². The van der Waals surface area contributed by atoms with Crippen LogP contribution in [0.1, 0.15) is 27.9 Å². The van der Waals surface area contributed by atoms with E-state index in [1.165, 1.54) is 39.4 Å². The van der Waals surface area contributed by atoms with Gasteiger partial charge in [-0.05, 0) is 50.0 Å². The van der Waals surface area contributed by atoms with Gasteiger partial charge in [0.15, 0.2) is 47.2 Å². The fraction of sp³-hybridized carbons (Fsp3) is 0.633. The maximum Gasteiger partial charge on any atom is 0.235 e. The monoisotopic (exact) mass is 619 g/mol. The number of ketones is 4. The highest BCUT2D eigenvalue weighted by atomic mass is 16.7. The van der Waals surface area contributed by atoms with E-state index in [1.54, 1.807) is 20.2 Å². The van der Waals surface area contributed by atoms with E-state index >= 15 is 0 Å². The fourth-order valence-corrected chi connectivity index (χ4v) is 7.17.